The second-order valence-electron chi connectivity index (χ2n) is 6.15. The fourth-order valence-electron chi connectivity index (χ4n) is 2.95. The second kappa shape index (κ2) is 10.2. The van der Waals surface area contributed by atoms with Crippen LogP contribution in [0.2, 0.25) is 0 Å². The highest BCUT2D eigenvalue weighted by Gasteiger charge is 2.23. The van der Waals surface area contributed by atoms with Crippen LogP contribution in [0, 0.1) is 10.1 Å². The molecule has 7 nitrogen and oxygen atoms in total. The van der Waals surface area contributed by atoms with Gasteiger partial charge >= 0.3 is 5.97 Å². The lowest BCUT2D eigenvalue weighted by Crippen LogP contribution is -2.23. The molecule has 2 rings (SSSR count). The Morgan fingerprint density at radius 3 is 2.28 bits per heavy atom. The van der Waals surface area contributed by atoms with Crippen LogP contribution >= 0.6 is 0 Å². The summed E-state index contributed by atoms with van der Waals surface area (Å²) in [5, 5.41) is 11.3. The molecule has 0 atom stereocenters. The minimum Gasteiger partial charge on any atom is -0.462 e. The molecule has 2 aromatic rings. The maximum Gasteiger partial charge on any atom is 0.342 e. The topological polar surface area (TPSA) is 89.8 Å². The van der Waals surface area contributed by atoms with Gasteiger partial charge in [0.1, 0.15) is 5.57 Å². The number of benzene rings is 2. The van der Waals surface area contributed by atoms with Crippen molar-refractivity contribution in [2.75, 3.05) is 24.6 Å². The molecule has 0 unspecified atom stereocenters. The number of esters is 1. The molecule has 0 aliphatic carbocycles. The fraction of sp³-hybridized carbons (Fsp3) is 0.273. The molecule has 0 saturated heterocycles. The van der Waals surface area contributed by atoms with E-state index in [9.17, 15) is 19.7 Å². The maximum absolute atomic E-state index is 13.0. The molecule has 0 fully saturated rings. The van der Waals surface area contributed by atoms with Gasteiger partial charge in [-0.2, -0.15) is 0 Å². The van der Waals surface area contributed by atoms with Crippen molar-refractivity contribution in [3.05, 3.63) is 75.3 Å². The van der Waals surface area contributed by atoms with Crippen LogP contribution in [0.25, 0.3) is 6.08 Å². The molecule has 0 saturated carbocycles. The summed E-state index contributed by atoms with van der Waals surface area (Å²) in [5.74, 6) is -1.26. The van der Waals surface area contributed by atoms with Crippen molar-refractivity contribution >= 4 is 29.2 Å². The highest BCUT2D eigenvalue weighted by molar-refractivity contribution is 6.27. The summed E-state index contributed by atoms with van der Waals surface area (Å²) in [7, 11) is 0. The van der Waals surface area contributed by atoms with Gasteiger partial charge in [-0.1, -0.05) is 30.3 Å². The van der Waals surface area contributed by atoms with E-state index < -0.39 is 16.7 Å². The third-order valence-electron chi connectivity index (χ3n) is 4.40. The van der Waals surface area contributed by atoms with Crippen molar-refractivity contribution in [3.8, 4) is 0 Å². The van der Waals surface area contributed by atoms with Crippen LogP contribution in [0.1, 0.15) is 36.7 Å². The van der Waals surface area contributed by atoms with Crippen LogP contribution in [0.5, 0.6) is 0 Å². The Labute approximate surface area is 169 Å². The Morgan fingerprint density at radius 1 is 1.07 bits per heavy atom. The third kappa shape index (κ3) is 5.28. The van der Waals surface area contributed by atoms with E-state index in [1.165, 1.54) is 18.2 Å². The van der Waals surface area contributed by atoms with Crippen molar-refractivity contribution in [2.24, 2.45) is 0 Å². The van der Waals surface area contributed by atoms with Crippen molar-refractivity contribution in [1.82, 2.24) is 0 Å². The summed E-state index contributed by atoms with van der Waals surface area (Å²) >= 11 is 0. The highest BCUT2D eigenvalue weighted by Crippen LogP contribution is 2.28. The first kappa shape index (κ1) is 21.8. The average molecular weight is 396 g/mol. The number of nitro groups is 1. The molecular formula is C22H24N2O5. The predicted molar refractivity (Wildman–Crippen MR) is 112 cm³/mol. The lowest BCUT2D eigenvalue weighted by Gasteiger charge is -2.23. The van der Waals surface area contributed by atoms with E-state index in [2.05, 4.69) is 0 Å². The average Bonchev–Trinajstić information content (AvgIpc) is 2.73. The van der Waals surface area contributed by atoms with Gasteiger partial charge in [-0.15, -0.1) is 0 Å². The van der Waals surface area contributed by atoms with E-state index in [0.717, 1.165) is 0 Å². The third-order valence-corrected chi connectivity index (χ3v) is 4.40. The maximum atomic E-state index is 13.0. The number of nitrogens with zero attached hydrogens (tertiary/aromatic N) is 2. The summed E-state index contributed by atoms with van der Waals surface area (Å²) in [6.45, 7) is 7.00. The van der Waals surface area contributed by atoms with E-state index in [4.69, 9.17) is 4.74 Å². The zero-order valence-corrected chi connectivity index (χ0v) is 16.8. The number of carbonyl (C=O) groups is 2. The summed E-state index contributed by atoms with van der Waals surface area (Å²) < 4.78 is 5.07. The number of nitro benzene ring substituents is 1. The van der Waals surface area contributed by atoms with Gasteiger partial charge in [0.25, 0.3) is 5.69 Å². The van der Waals surface area contributed by atoms with Crippen LogP contribution in [0.4, 0.5) is 11.4 Å². The number of Topliss-reactive ketones (excluding diaryl/α,β-unsaturated/α-hetero) is 1. The largest absolute Gasteiger partial charge is 0.462 e. The first-order chi connectivity index (χ1) is 13.9. The van der Waals surface area contributed by atoms with E-state index in [0.29, 0.717) is 29.9 Å². The molecule has 0 bridgehead atoms. The fourth-order valence-corrected chi connectivity index (χ4v) is 2.95. The van der Waals surface area contributed by atoms with Gasteiger partial charge in [-0.25, -0.2) is 4.79 Å². The van der Waals surface area contributed by atoms with Crippen molar-refractivity contribution in [1.29, 1.82) is 0 Å². The molecule has 0 spiro atoms. The monoisotopic (exact) mass is 396 g/mol. The van der Waals surface area contributed by atoms with Gasteiger partial charge in [0.05, 0.1) is 11.5 Å². The molecule has 0 N–H and O–H groups in total. The second-order valence-corrected chi connectivity index (χ2v) is 6.15. The molecule has 152 valence electrons. The van der Waals surface area contributed by atoms with Crippen molar-refractivity contribution < 1.29 is 19.2 Å². The van der Waals surface area contributed by atoms with Gasteiger partial charge in [0.2, 0.25) is 0 Å². The van der Waals surface area contributed by atoms with Crippen LogP contribution < -0.4 is 4.90 Å². The molecule has 7 heteroatoms. The molecule has 2 aromatic carbocycles. The Bertz CT molecular complexity index is 918. The van der Waals surface area contributed by atoms with E-state index in [-0.39, 0.29) is 17.9 Å². The first-order valence-corrected chi connectivity index (χ1v) is 9.44. The normalized spacial score (nSPS) is 11.1. The summed E-state index contributed by atoms with van der Waals surface area (Å²) in [5.41, 5.74) is 1.15. The minimum absolute atomic E-state index is 0.107. The number of hydrogen-bond donors (Lipinski definition) is 0. The Hall–Kier alpha value is -3.48. The molecule has 29 heavy (non-hydrogen) atoms. The smallest absolute Gasteiger partial charge is 0.342 e. The molecule has 0 aliphatic heterocycles. The zero-order valence-electron chi connectivity index (χ0n) is 16.8. The number of anilines is 1. The highest BCUT2D eigenvalue weighted by atomic mass is 16.6. The van der Waals surface area contributed by atoms with Crippen molar-refractivity contribution in [3.63, 3.8) is 0 Å². The van der Waals surface area contributed by atoms with Gasteiger partial charge < -0.3 is 9.64 Å². The minimum atomic E-state index is -0.765. The molecule has 0 aromatic heterocycles. The van der Waals surface area contributed by atoms with Crippen LogP contribution in [-0.4, -0.2) is 36.4 Å². The molecule has 0 heterocycles. The SMILES string of the molecule is CCOC(=O)C(=Cc1cc([N+](=O)[O-])ccc1N(CC)CC)C(=O)c1ccccc1. The summed E-state index contributed by atoms with van der Waals surface area (Å²) in [4.78, 5) is 38.3. The predicted octanol–water partition coefficient (Wildman–Crippen LogP) is 4.27. The first-order valence-electron chi connectivity index (χ1n) is 9.44. The van der Waals surface area contributed by atoms with Gasteiger partial charge in [0, 0.05) is 42.0 Å². The van der Waals surface area contributed by atoms with Gasteiger partial charge in [0.15, 0.2) is 5.78 Å². The number of hydrogen-bond acceptors (Lipinski definition) is 6. The van der Waals surface area contributed by atoms with Gasteiger partial charge in [-0.3, -0.25) is 14.9 Å². The van der Waals surface area contributed by atoms with E-state index in [1.807, 2.05) is 18.7 Å². The van der Waals surface area contributed by atoms with E-state index >= 15 is 0 Å². The number of ketones is 1. The Kier molecular flexibility index (Phi) is 7.65. The zero-order chi connectivity index (χ0) is 21.4. The molecular weight excluding hydrogens is 372 g/mol. The van der Waals surface area contributed by atoms with E-state index in [1.54, 1.807) is 43.3 Å². The Morgan fingerprint density at radius 2 is 1.72 bits per heavy atom. The van der Waals surface area contributed by atoms with Gasteiger partial charge in [-0.05, 0) is 32.9 Å². The lowest BCUT2D eigenvalue weighted by molar-refractivity contribution is -0.384. The number of carbonyl (C=O) groups excluding carboxylic acids is 2. The van der Waals surface area contributed by atoms with Crippen LogP contribution in [-0.2, 0) is 9.53 Å². The number of non-ortho nitro benzene ring substituents is 1. The number of rotatable bonds is 9. The molecule has 0 amide bonds. The Balaban J connectivity index is 2.67. The van der Waals surface area contributed by atoms with Crippen molar-refractivity contribution in [2.45, 2.75) is 20.8 Å². The number of ether oxygens (including phenoxy) is 1. The van der Waals surface area contributed by atoms with Crippen LogP contribution in [0.15, 0.2) is 54.1 Å². The molecule has 0 aliphatic rings. The molecule has 0 radical (unpaired) electrons. The lowest BCUT2D eigenvalue weighted by atomic mass is 9.99. The summed E-state index contributed by atoms with van der Waals surface area (Å²) in [6.07, 6.45) is 1.38. The standard InChI is InChI=1S/C22H24N2O5/c1-4-23(5-2)20-13-12-18(24(27)28)14-17(20)15-19(22(26)29-6-3)21(25)16-10-8-7-9-11-16/h7-15H,4-6H2,1-3H3. The quantitative estimate of drug-likeness (QED) is 0.120. The van der Waals surface area contributed by atoms with Crippen LogP contribution in [0.3, 0.4) is 0 Å². The summed E-state index contributed by atoms with van der Waals surface area (Å²) in [6, 6.07) is 12.8.